The number of benzene rings is 2. The number of ether oxygens (including phenoxy) is 1. The van der Waals surface area contributed by atoms with Crippen LogP contribution in [0.5, 0.6) is 5.75 Å². The van der Waals surface area contributed by atoms with Gasteiger partial charge in [-0.25, -0.2) is 4.39 Å². The molecule has 0 spiro atoms. The molecule has 0 saturated carbocycles. The molecule has 3 nitrogen and oxygen atoms in total. The van der Waals surface area contributed by atoms with Crippen LogP contribution in [0.15, 0.2) is 48.5 Å². The average Bonchev–Trinajstić information content (AvgIpc) is 2.54. The molecule has 5 heteroatoms. The van der Waals surface area contributed by atoms with E-state index in [4.69, 9.17) is 16.3 Å². The monoisotopic (exact) mass is 319 g/mol. The van der Waals surface area contributed by atoms with E-state index >= 15 is 0 Å². The van der Waals surface area contributed by atoms with E-state index in [1.165, 1.54) is 18.2 Å². The van der Waals surface area contributed by atoms with Gasteiger partial charge in [-0.3, -0.25) is 4.79 Å². The number of carbonyl (C=O) groups is 1. The highest BCUT2D eigenvalue weighted by Crippen LogP contribution is 2.16. The van der Waals surface area contributed by atoms with Gasteiger partial charge < -0.3 is 10.1 Å². The van der Waals surface area contributed by atoms with Crippen LogP contribution < -0.4 is 10.1 Å². The van der Waals surface area contributed by atoms with Crippen LogP contribution in [0.1, 0.15) is 11.1 Å². The van der Waals surface area contributed by atoms with Crippen molar-refractivity contribution < 1.29 is 13.9 Å². The van der Waals surface area contributed by atoms with Gasteiger partial charge >= 0.3 is 0 Å². The largest absolute Gasteiger partial charge is 0.497 e. The molecule has 0 radical (unpaired) electrons. The number of methoxy groups -OCH3 is 1. The fourth-order valence-electron chi connectivity index (χ4n) is 1.82. The van der Waals surface area contributed by atoms with Crippen molar-refractivity contribution in [3.63, 3.8) is 0 Å². The summed E-state index contributed by atoms with van der Waals surface area (Å²) in [6.45, 7) is 0.393. The molecule has 0 saturated heterocycles. The Morgan fingerprint density at radius 1 is 1.32 bits per heavy atom. The minimum Gasteiger partial charge on any atom is -0.497 e. The Balaban J connectivity index is 1.92. The summed E-state index contributed by atoms with van der Waals surface area (Å²) < 4.78 is 18.1. The van der Waals surface area contributed by atoms with Crippen molar-refractivity contribution in [2.75, 3.05) is 7.11 Å². The van der Waals surface area contributed by atoms with E-state index in [0.29, 0.717) is 12.1 Å². The quantitative estimate of drug-likeness (QED) is 0.851. The third-order valence-corrected chi connectivity index (χ3v) is 3.26. The molecule has 0 unspecified atom stereocenters. The Morgan fingerprint density at radius 3 is 2.86 bits per heavy atom. The summed E-state index contributed by atoms with van der Waals surface area (Å²) in [6.07, 6.45) is 2.95. The predicted molar refractivity (Wildman–Crippen MR) is 85.3 cm³/mol. The van der Waals surface area contributed by atoms with Gasteiger partial charge in [-0.05, 0) is 41.5 Å². The van der Waals surface area contributed by atoms with Gasteiger partial charge in [0, 0.05) is 12.6 Å². The molecule has 0 aliphatic heterocycles. The third-order valence-electron chi connectivity index (χ3n) is 2.97. The fourth-order valence-corrected chi connectivity index (χ4v) is 2.01. The minimum atomic E-state index is -0.485. The van der Waals surface area contributed by atoms with Crippen LogP contribution in [0, 0.1) is 5.82 Å². The molecule has 0 fully saturated rings. The summed E-state index contributed by atoms with van der Waals surface area (Å²) in [4.78, 5) is 11.8. The zero-order valence-electron chi connectivity index (χ0n) is 12.0. The molecule has 2 aromatic rings. The summed E-state index contributed by atoms with van der Waals surface area (Å²) in [6, 6.07) is 11.7. The van der Waals surface area contributed by atoms with Crippen LogP contribution in [0.25, 0.3) is 6.08 Å². The van der Waals surface area contributed by atoms with Crippen molar-refractivity contribution >= 4 is 23.6 Å². The first-order valence-electron chi connectivity index (χ1n) is 6.62. The Hall–Kier alpha value is -2.33. The zero-order valence-corrected chi connectivity index (χ0v) is 12.7. The maximum atomic E-state index is 13.0. The maximum absolute atomic E-state index is 13.0. The summed E-state index contributed by atoms with van der Waals surface area (Å²) in [7, 11) is 1.59. The van der Waals surface area contributed by atoms with Gasteiger partial charge in [-0.15, -0.1) is 0 Å². The van der Waals surface area contributed by atoms with Gasteiger partial charge in [0.05, 0.1) is 12.1 Å². The number of halogens is 2. The summed E-state index contributed by atoms with van der Waals surface area (Å²) in [5, 5.41) is 2.78. The smallest absolute Gasteiger partial charge is 0.244 e. The van der Waals surface area contributed by atoms with Crippen LogP contribution >= 0.6 is 11.6 Å². The number of nitrogens with one attached hydrogen (secondary N) is 1. The Kier molecular flexibility index (Phi) is 5.55. The number of rotatable bonds is 5. The lowest BCUT2D eigenvalue weighted by atomic mass is 10.2. The number of hydrogen-bond donors (Lipinski definition) is 1. The molecule has 114 valence electrons. The van der Waals surface area contributed by atoms with Crippen LogP contribution in [-0.2, 0) is 11.3 Å². The predicted octanol–water partition coefficient (Wildman–Crippen LogP) is 3.82. The van der Waals surface area contributed by atoms with E-state index in [-0.39, 0.29) is 10.9 Å². The van der Waals surface area contributed by atoms with E-state index in [9.17, 15) is 9.18 Å². The molecule has 0 aliphatic rings. The van der Waals surface area contributed by atoms with Crippen molar-refractivity contribution in [1.82, 2.24) is 5.32 Å². The lowest BCUT2D eigenvalue weighted by molar-refractivity contribution is -0.116. The third kappa shape index (κ3) is 4.60. The molecular formula is C17H15ClFNO2. The van der Waals surface area contributed by atoms with Gasteiger partial charge in [-0.2, -0.15) is 0 Å². The second kappa shape index (κ2) is 7.61. The molecule has 2 aromatic carbocycles. The van der Waals surface area contributed by atoms with Crippen LogP contribution in [0.3, 0.4) is 0 Å². The minimum absolute atomic E-state index is 0.0268. The number of carbonyl (C=O) groups excluding carboxylic acids is 1. The van der Waals surface area contributed by atoms with Gasteiger partial charge in [0.1, 0.15) is 11.6 Å². The molecule has 1 amide bonds. The first-order chi connectivity index (χ1) is 10.6. The van der Waals surface area contributed by atoms with Crippen molar-refractivity contribution in [3.8, 4) is 5.75 Å². The molecule has 0 aromatic heterocycles. The van der Waals surface area contributed by atoms with Crippen molar-refractivity contribution in [1.29, 1.82) is 0 Å². The molecule has 1 N–H and O–H groups in total. The van der Waals surface area contributed by atoms with Gasteiger partial charge in [0.2, 0.25) is 5.91 Å². The van der Waals surface area contributed by atoms with Crippen molar-refractivity contribution in [3.05, 3.63) is 70.5 Å². The second-order valence-corrected chi connectivity index (χ2v) is 4.98. The second-order valence-electron chi connectivity index (χ2n) is 4.58. The molecule has 0 atom stereocenters. The molecule has 22 heavy (non-hydrogen) atoms. The van der Waals surface area contributed by atoms with Gasteiger partial charge in [0.15, 0.2) is 0 Å². The zero-order chi connectivity index (χ0) is 15.9. The first kappa shape index (κ1) is 16.0. The topological polar surface area (TPSA) is 38.3 Å². The van der Waals surface area contributed by atoms with Crippen LogP contribution in [-0.4, -0.2) is 13.0 Å². The SMILES string of the molecule is COc1cccc(CNC(=O)/C=C/c2ccc(F)c(Cl)c2)c1. The van der Waals surface area contributed by atoms with Crippen molar-refractivity contribution in [2.24, 2.45) is 0 Å². The normalized spacial score (nSPS) is 10.7. The van der Waals surface area contributed by atoms with Crippen molar-refractivity contribution in [2.45, 2.75) is 6.54 Å². The van der Waals surface area contributed by atoms with E-state index in [0.717, 1.165) is 11.3 Å². The van der Waals surface area contributed by atoms with E-state index < -0.39 is 5.82 Å². The highest BCUT2D eigenvalue weighted by molar-refractivity contribution is 6.30. The van der Waals surface area contributed by atoms with Gasteiger partial charge in [-0.1, -0.05) is 29.8 Å². The van der Waals surface area contributed by atoms with Crippen LogP contribution in [0.4, 0.5) is 4.39 Å². The Labute approximate surface area is 133 Å². The number of amides is 1. The highest BCUT2D eigenvalue weighted by atomic mass is 35.5. The van der Waals surface area contributed by atoms with E-state index in [1.807, 2.05) is 24.3 Å². The molecule has 2 rings (SSSR count). The fraction of sp³-hybridized carbons (Fsp3) is 0.118. The maximum Gasteiger partial charge on any atom is 0.244 e. The molecular weight excluding hydrogens is 305 g/mol. The summed E-state index contributed by atoms with van der Waals surface area (Å²) >= 11 is 5.68. The van der Waals surface area contributed by atoms with Crippen LogP contribution in [0.2, 0.25) is 5.02 Å². The molecule has 0 bridgehead atoms. The van der Waals surface area contributed by atoms with Gasteiger partial charge in [0.25, 0.3) is 0 Å². The van der Waals surface area contributed by atoms with E-state index in [2.05, 4.69) is 5.32 Å². The Morgan fingerprint density at radius 2 is 2.14 bits per heavy atom. The highest BCUT2D eigenvalue weighted by Gasteiger charge is 2.01. The number of hydrogen-bond acceptors (Lipinski definition) is 2. The molecule has 0 heterocycles. The summed E-state index contributed by atoms with van der Waals surface area (Å²) in [5.74, 6) is 0.00723. The Bertz CT molecular complexity index is 701. The van der Waals surface area contributed by atoms with E-state index in [1.54, 1.807) is 19.3 Å². The average molecular weight is 320 g/mol. The lowest BCUT2D eigenvalue weighted by Gasteiger charge is -2.05. The standard InChI is InChI=1S/C17H15ClFNO2/c1-22-14-4-2-3-13(9-14)11-20-17(21)8-6-12-5-7-16(19)15(18)10-12/h2-10H,11H2,1H3,(H,20,21)/b8-6+. The first-order valence-corrected chi connectivity index (χ1v) is 7.00. The summed E-state index contributed by atoms with van der Waals surface area (Å²) in [5.41, 5.74) is 1.59. The molecule has 0 aliphatic carbocycles. The lowest BCUT2D eigenvalue weighted by Crippen LogP contribution is -2.20.